The van der Waals surface area contributed by atoms with Crippen LogP contribution in [0.25, 0.3) is 22.2 Å². The molecule has 1 aromatic carbocycles. The van der Waals surface area contributed by atoms with Crippen molar-refractivity contribution in [2.24, 2.45) is 11.8 Å². The highest BCUT2D eigenvalue weighted by Crippen LogP contribution is 2.29. The smallest absolute Gasteiger partial charge is 0.252 e. The van der Waals surface area contributed by atoms with Gasteiger partial charge < -0.3 is 10.2 Å². The van der Waals surface area contributed by atoms with E-state index in [1.54, 1.807) is 41.0 Å². The number of aromatic nitrogens is 2. The second-order valence-electron chi connectivity index (χ2n) is 11.2. The normalized spacial score (nSPS) is 19.8. The molecule has 208 valence electrons. The van der Waals surface area contributed by atoms with Crippen molar-refractivity contribution in [1.82, 2.24) is 24.5 Å². The number of carbonyl (C=O) groups excluding carboxylic acids is 1. The van der Waals surface area contributed by atoms with E-state index >= 15 is 0 Å². The Morgan fingerprint density at radius 2 is 1.87 bits per heavy atom. The number of piperidine rings is 2. The number of likely N-dealkylation sites (tertiary alicyclic amines) is 1. The summed E-state index contributed by atoms with van der Waals surface area (Å²) >= 11 is 0. The highest BCUT2D eigenvalue weighted by atomic mass is 32.2. The number of hydrogen-bond acceptors (Lipinski definition) is 6. The van der Waals surface area contributed by atoms with Gasteiger partial charge in [0.1, 0.15) is 0 Å². The fraction of sp³-hybridized carbons (Fsp3) is 0.500. The largest absolute Gasteiger partial charge is 0.352 e. The summed E-state index contributed by atoms with van der Waals surface area (Å²) in [7, 11) is -3.66. The number of benzene rings is 1. The zero-order valence-electron chi connectivity index (χ0n) is 23.0. The number of amides is 1. The molecule has 0 bridgehead atoms. The average molecular weight is 550 g/mol. The Morgan fingerprint density at radius 3 is 2.62 bits per heavy atom. The molecule has 2 aliphatic rings. The van der Waals surface area contributed by atoms with E-state index < -0.39 is 10.0 Å². The fourth-order valence-corrected chi connectivity index (χ4v) is 7.18. The number of sulfonamides is 1. The van der Waals surface area contributed by atoms with Crippen molar-refractivity contribution in [3.63, 3.8) is 0 Å². The van der Waals surface area contributed by atoms with E-state index in [1.165, 1.54) is 12.8 Å². The van der Waals surface area contributed by atoms with Crippen molar-refractivity contribution in [1.29, 1.82) is 0 Å². The van der Waals surface area contributed by atoms with Crippen molar-refractivity contribution in [2.75, 3.05) is 39.3 Å². The third-order valence-electron chi connectivity index (χ3n) is 8.04. The van der Waals surface area contributed by atoms with E-state index in [9.17, 15) is 13.2 Å². The van der Waals surface area contributed by atoms with Crippen molar-refractivity contribution in [3.05, 3.63) is 54.4 Å². The molecular formula is C30H39N5O3S. The summed E-state index contributed by atoms with van der Waals surface area (Å²) in [6.45, 7) is 9.23. The first kappa shape index (κ1) is 27.7. The molecule has 39 heavy (non-hydrogen) atoms. The van der Waals surface area contributed by atoms with Gasteiger partial charge in [0, 0.05) is 49.5 Å². The molecule has 5 rings (SSSR count). The molecule has 2 saturated heterocycles. The molecule has 1 unspecified atom stereocenters. The lowest BCUT2D eigenvalue weighted by molar-refractivity contribution is 0.0951. The molecule has 8 nitrogen and oxygen atoms in total. The van der Waals surface area contributed by atoms with Gasteiger partial charge in [-0.2, -0.15) is 4.31 Å². The molecule has 0 radical (unpaired) electrons. The van der Waals surface area contributed by atoms with Crippen LogP contribution in [0.4, 0.5) is 0 Å². The van der Waals surface area contributed by atoms with Gasteiger partial charge in [-0.25, -0.2) is 13.4 Å². The minimum absolute atomic E-state index is 0.203. The summed E-state index contributed by atoms with van der Waals surface area (Å²) < 4.78 is 28.5. The molecular weight excluding hydrogens is 510 g/mol. The van der Waals surface area contributed by atoms with Crippen molar-refractivity contribution in [3.8, 4) is 11.3 Å². The zero-order valence-corrected chi connectivity index (χ0v) is 23.8. The van der Waals surface area contributed by atoms with Crippen LogP contribution in [0, 0.1) is 11.8 Å². The van der Waals surface area contributed by atoms with Crippen LogP contribution in [-0.4, -0.2) is 72.8 Å². The Morgan fingerprint density at radius 1 is 1.05 bits per heavy atom. The molecule has 0 saturated carbocycles. The topological polar surface area (TPSA) is 95.5 Å². The number of rotatable bonds is 8. The Labute approximate surface area is 231 Å². The summed E-state index contributed by atoms with van der Waals surface area (Å²) in [5.41, 5.74) is 2.43. The second kappa shape index (κ2) is 12.1. The molecule has 2 fully saturated rings. The quantitative estimate of drug-likeness (QED) is 0.414. The summed E-state index contributed by atoms with van der Waals surface area (Å²) in [6, 6.07) is 10.4. The maximum atomic E-state index is 13.5. The van der Waals surface area contributed by atoms with Gasteiger partial charge >= 0.3 is 0 Å². The maximum absolute atomic E-state index is 13.5. The first-order valence-corrected chi connectivity index (χ1v) is 15.6. The van der Waals surface area contributed by atoms with E-state index in [0.717, 1.165) is 50.4 Å². The highest BCUT2D eigenvalue weighted by molar-refractivity contribution is 7.89. The van der Waals surface area contributed by atoms with Crippen molar-refractivity contribution < 1.29 is 13.2 Å². The first-order valence-electron chi connectivity index (χ1n) is 14.2. The lowest BCUT2D eigenvalue weighted by Crippen LogP contribution is -2.37. The van der Waals surface area contributed by atoms with Crippen LogP contribution in [0.15, 0.2) is 53.7 Å². The van der Waals surface area contributed by atoms with E-state index in [1.807, 2.05) is 12.1 Å². The van der Waals surface area contributed by atoms with Gasteiger partial charge in [0.25, 0.3) is 5.91 Å². The Bertz CT molecular complexity index is 1400. The molecule has 3 aromatic rings. The molecule has 1 amide bonds. The van der Waals surface area contributed by atoms with E-state index in [2.05, 4.69) is 29.0 Å². The third-order valence-corrected chi connectivity index (χ3v) is 9.93. The Balaban J connectivity index is 1.41. The van der Waals surface area contributed by atoms with Crippen LogP contribution in [0.2, 0.25) is 0 Å². The number of fused-ring (bicyclic) bond motifs is 1. The number of carbonyl (C=O) groups is 1. The lowest BCUT2D eigenvalue weighted by Gasteiger charge is -2.30. The molecule has 4 heterocycles. The maximum Gasteiger partial charge on any atom is 0.252 e. The van der Waals surface area contributed by atoms with Gasteiger partial charge in [0.05, 0.1) is 21.7 Å². The molecule has 1 atom stereocenters. The van der Waals surface area contributed by atoms with Crippen LogP contribution in [0.5, 0.6) is 0 Å². The van der Waals surface area contributed by atoms with Gasteiger partial charge in [-0.15, -0.1) is 0 Å². The van der Waals surface area contributed by atoms with Crippen LogP contribution >= 0.6 is 0 Å². The van der Waals surface area contributed by atoms with Gasteiger partial charge in [-0.3, -0.25) is 9.78 Å². The SMILES string of the molecule is CC1CCN(S(=O)(=O)c2ccc3nc(-c4cccnc4)cc(C(=O)NCCCN4CCCC(C)C4)c3c2)CC1. The van der Waals surface area contributed by atoms with Gasteiger partial charge in [-0.05, 0) is 93.4 Å². The minimum Gasteiger partial charge on any atom is -0.352 e. The molecule has 1 N–H and O–H groups in total. The van der Waals surface area contributed by atoms with Crippen LogP contribution in [-0.2, 0) is 10.0 Å². The van der Waals surface area contributed by atoms with Gasteiger partial charge in [0.2, 0.25) is 10.0 Å². The number of pyridine rings is 2. The van der Waals surface area contributed by atoms with Crippen LogP contribution in [0.3, 0.4) is 0 Å². The van der Waals surface area contributed by atoms with E-state index in [-0.39, 0.29) is 10.8 Å². The predicted molar refractivity (Wildman–Crippen MR) is 154 cm³/mol. The van der Waals surface area contributed by atoms with E-state index in [4.69, 9.17) is 4.98 Å². The summed E-state index contributed by atoms with van der Waals surface area (Å²) in [4.78, 5) is 25.2. The Kier molecular flexibility index (Phi) is 8.59. The zero-order chi connectivity index (χ0) is 27.4. The molecule has 9 heteroatoms. The Hall–Kier alpha value is -2.88. The monoisotopic (exact) mass is 549 g/mol. The summed E-state index contributed by atoms with van der Waals surface area (Å²) in [6.07, 6.45) is 8.50. The van der Waals surface area contributed by atoms with Crippen molar-refractivity contribution in [2.45, 2.75) is 50.8 Å². The third kappa shape index (κ3) is 6.48. The van der Waals surface area contributed by atoms with Crippen molar-refractivity contribution >= 4 is 26.8 Å². The lowest BCUT2D eigenvalue weighted by atomic mass is 10.0. The molecule has 2 aliphatic heterocycles. The molecule has 0 aliphatic carbocycles. The van der Waals surface area contributed by atoms with Gasteiger partial charge in [0.15, 0.2) is 0 Å². The van der Waals surface area contributed by atoms with Gasteiger partial charge in [-0.1, -0.05) is 13.8 Å². The van der Waals surface area contributed by atoms with E-state index in [0.29, 0.717) is 47.7 Å². The highest BCUT2D eigenvalue weighted by Gasteiger charge is 2.29. The summed E-state index contributed by atoms with van der Waals surface area (Å²) in [5.74, 6) is 1.03. The van der Waals surface area contributed by atoms with Crippen LogP contribution in [0.1, 0.15) is 56.3 Å². The molecule has 2 aromatic heterocycles. The number of hydrogen-bond donors (Lipinski definition) is 1. The number of nitrogens with one attached hydrogen (secondary N) is 1. The first-order chi connectivity index (χ1) is 18.8. The number of nitrogens with zero attached hydrogens (tertiary/aromatic N) is 4. The standard InChI is InChI=1S/C30H39N5O3S/c1-22-10-16-35(17-11-22)39(37,38)25-8-9-28-26(18-25)27(19-29(33-28)24-7-3-12-31-20-24)30(36)32-13-5-15-34-14-4-6-23(2)21-34/h3,7-9,12,18-20,22-23H,4-6,10-11,13-17,21H2,1-2H3,(H,32,36). The predicted octanol–water partition coefficient (Wildman–Crippen LogP) is 4.57. The molecule has 0 spiro atoms. The average Bonchev–Trinajstić information content (AvgIpc) is 2.95. The summed E-state index contributed by atoms with van der Waals surface area (Å²) in [5, 5.41) is 3.62. The second-order valence-corrected chi connectivity index (χ2v) is 13.2. The fourth-order valence-electron chi connectivity index (χ4n) is 5.68. The van der Waals surface area contributed by atoms with Crippen LogP contribution < -0.4 is 5.32 Å². The minimum atomic E-state index is -3.66.